The van der Waals surface area contributed by atoms with Gasteiger partial charge in [0, 0.05) is 38.2 Å². The number of hydrogen-bond donors (Lipinski definition) is 3. The second-order valence-electron chi connectivity index (χ2n) is 8.33. The van der Waals surface area contributed by atoms with Crippen molar-refractivity contribution in [2.75, 3.05) is 26.3 Å². The number of hydrogen-bond acceptors (Lipinski definition) is 5. The zero-order valence-corrected chi connectivity index (χ0v) is 20.0. The average Bonchev–Trinajstić information content (AvgIpc) is 3.17. The monoisotopic (exact) mass is 517 g/mol. The molecule has 3 heterocycles. The fraction of sp³-hybridized carbons (Fsp3) is 0.545. The summed E-state index contributed by atoms with van der Waals surface area (Å²) in [5, 5.41) is 7.64. The molecule has 13 heteroatoms. The van der Waals surface area contributed by atoms with Gasteiger partial charge in [0.15, 0.2) is 11.9 Å². The Hall–Kier alpha value is -2.86. The highest BCUT2D eigenvalue weighted by Crippen LogP contribution is 2.44. The number of aromatic nitrogens is 2. The van der Waals surface area contributed by atoms with Crippen LogP contribution in [-0.2, 0) is 9.53 Å². The van der Waals surface area contributed by atoms with E-state index in [0.717, 1.165) is 23.4 Å². The molecular formula is C22H29ClF3N6O3+. The fourth-order valence-corrected chi connectivity index (χ4v) is 4.54. The van der Waals surface area contributed by atoms with Crippen molar-refractivity contribution in [3.63, 3.8) is 0 Å². The summed E-state index contributed by atoms with van der Waals surface area (Å²) in [7, 11) is 0. The molecule has 2 amide bonds. The second-order valence-corrected chi connectivity index (χ2v) is 8.69. The zero-order valence-electron chi connectivity index (χ0n) is 19.3. The van der Waals surface area contributed by atoms with Gasteiger partial charge in [0.05, 0.1) is 12.1 Å². The third-order valence-electron chi connectivity index (χ3n) is 6.06. The largest absolute Gasteiger partial charge is 0.404 e. The summed E-state index contributed by atoms with van der Waals surface area (Å²) in [6.07, 6.45) is 0.523. The summed E-state index contributed by atoms with van der Waals surface area (Å²) in [6, 6.07) is 0.0110. The number of fused-ring (bicyclic) bond motifs is 1. The van der Waals surface area contributed by atoms with Crippen LogP contribution in [0.1, 0.15) is 54.8 Å². The number of alkyl halides is 3. The van der Waals surface area contributed by atoms with E-state index in [0.29, 0.717) is 32.6 Å². The Morgan fingerprint density at radius 3 is 2.66 bits per heavy atom. The molecule has 0 radical (unpaired) electrons. The molecule has 1 aromatic heterocycles. The predicted octanol–water partition coefficient (Wildman–Crippen LogP) is 1.25. The topological polar surface area (TPSA) is 128 Å². The highest BCUT2D eigenvalue weighted by Gasteiger charge is 2.47. The Balaban J connectivity index is 1.82. The molecule has 0 spiro atoms. The molecular weight excluding hydrogens is 489 g/mol. The third-order valence-corrected chi connectivity index (χ3v) is 6.42. The van der Waals surface area contributed by atoms with E-state index >= 15 is 0 Å². The van der Waals surface area contributed by atoms with E-state index in [4.69, 9.17) is 27.5 Å². The first-order valence-corrected chi connectivity index (χ1v) is 11.7. The lowest BCUT2D eigenvalue weighted by atomic mass is 9.92. The maximum Gasteiger partial charge on any atom is 0.399 e. The summed E-state index contributed by atoms with van der Waals surface area (Å²) in [5.41, 5.74) is 5.49. The number of ether oxygens (including phenoxy) is 1. The second kappa shape index (κ2) is 11.3. The van der Waals surface area contributed by atoms with Crippen LogP contribution in [0.5, 0.6) is 0 Å². The number of rotatable bonds is 8. The smallest absolute Gasteiger partial charge is 0.399 e. The van der Waals surface area contributed by atoms with Crippen LogP contribution >= 0.6 is 11.6 Å². The summed E-state index contributed by atoms with van der Waals surface area (Å²) in [4.78, 5) is 31.3. The van der Waals surface area contributed by atoms with E-state index < -0.39 is 35.9 Å². The van der Waals surface area contributed by atoms with Crippen molar-refractivity contribution >= 4 is 35.8 Å². The summed E-state index contributed by atoms with van der Waals surface area (Å²) < 4.78 is 47.8. The number of imidazole rings is 1. The van der Waals surface area contributed by atoms with E-state index in [1.807, 2.05) is 6.92 Å². The van der Waals surface area contributed by atoms with Crippen molar-refractivity contribution in [1.82, 2.24) is 19.8 Å². The number of nitrogens with one attached hydrogen (secondary N) is 1. The van der Waals surface area contributed by atoms with Crippen LogP contribution in [0.3, 0.4) is 0 Å². The molecule has 1 saturated heterocycles. The van der Waals surface area contributed by atoms with Crippen LogP contribution < -0.4 is 16.5 Å². The molecule has 0 aromatic carbocycles. The number of nitrogens with two attached hydrogens (primary N) is 2. The Bertz CT molecular complexity index is 1030. The Kier molecular flexibility index (Phi) is 8.60. The molecule has 1 aromatic rings. The fourth-order valence-electron chi connectivity index (χ4n) is 4.28. The highest BCUT2D eigenvalue weighted by atomic mass is 35.5. The average molecular weight is 518 g/mol. The minimum absolute atomic E-state index is 0.0110. The van der Waals surface area contributed by atoms with Crippen LogP contribution in [0.15, 0.2) is 17.3 Å². The minimum atomic E-state index is -4.66. The molecule has 5 N–H and O–H groups in total. The molecule has 2 aliphatic heterocycles. The molecule has 1 unspecified atom stereocenters. The number of halogens is 4. The molecule has 9 nitrogen and oxygen atoms in total. The molecule has 1 fully saturated rings. The van der Waals surface area contributed by atoms with Crippen LogP contribution in [0.2, 0.25) is 5.15 Å². The van der Waals surface area contributed by atoms with Crippen LogP contribution in [0, 0.1) is 0 Å². The molecule has 2 aliphatic rings. The van der Waals surface area contributed by atoms with E-state index in [9.17, 15) is 22.8 Å². The summed E-state index contributed by atoms with van der Waals surface area (Å²) >= 11 is 6.28. The molecule has 3 rings (SSSR count). The van der Waals surface area contributed by atoms with Gasteiger partial charge in [-0.25, -0.2) is 4.98 Å². The molecule has 192 valence electrons. The van der Waals surface area contributed by atoms with Gasteiger partial charge in [-0.2, -0.15) is 13.2 Å². The van der Waals surface area contributed by atoms with E-state index in [1.165, 1.54) is 6.20 Å². The molecule has 0 saturated carbocycles. The lowest BCUT2D eigenvalue weighted by Gasteiger charge is -2.34. The maximum atomic E-state index is 13.8. The first-order valence-electron chi connectivity index (χ1n) is 11.3. The number of carbonyl (C=O) groups is 2. The van der Waals surface area contributed by atoms with Gasteiger partial charge in [0.2, 0.25) is 5.91 Å². The van der Waals surface area contributed by atoms with Gasteiger partial charge in [-0.15, -0.1) is 0 Å². The summed E-state index contributed by atoms with van der Waals surface area (Å²) in [5.74, 6) is -3.58. The Morgan fingerprint density at radius 1 is 1.40 bits per heavy atom. The molecule has 0 aliphatic carbocycles. The van der Waals surface area contributed by atoms with Crippen molar-refractivity contribution < 1.29 is 32.9 Å². The first kappa shape index (κ1) is 26.7. The number of amides is 2. The van der Waals surface area contributed by atoms with Crippen LogP contribution in [-0.4, -0.2) is 71.0 Å². The van der Waals surface area contributed by atoms with E-state index in [1.54, 1.807) is 4.90 Å². The minimum Gasteiger partial charge on any atom is -0.404 e. The predicted molar refractivity (Wildman–Crippen MR) is 123 cm³/mol. The van der Waals surface area contributed by atoms with Gasteiger partial charge in [-0.05, 0) is 31.3 Å². The highest BCUT2D eigenvalue weighted by molar-refractivity contribution is 6.33. The number of carbonyl (C=O) groups excluding carboxylic acids is 2. The lowest BCUT2D eigenvalue weighted by Crippen LogP contribution is -2.48. The normalized spacial score (nSPS) is 19.1. The Morgan fingerprint density at radius 2 is 2.09 bits per heavy atom. The standard InChI is InChI=1S/C22H28ClF3N6O3/c1-2-5-31(15-3-6-35-7-4-15)17(33)11-29-21(34)18-19(23)32-12-13(14(9-27)10-28)8-16(20(32)30-18)22(24,25)26/h9-10,12,15-16,27H,2-8,11,28H2,1H3,(H,29,34)/p+1/b14-10+,27-9?. The van der Waals surface area contributed by atoms with Crippen molar-refractivity contribution in [2.45, 2.75) is 50.7 Å². The third kappa shape index (κ3) is 5.87. The van der Waals surface area contributed by atoms with Gasteiger partial charge < -0.3 is 20.7 Å². The van der Waals surface area contributed by atoms with Crippen molar-refractivity contribution in [3.05, 3.63) is 34.0 Å². The van der Waals surface area contributed by atoms with E-state index in [-0.39, 0.29) is 34.8 Å². The van der Waals surface area contributed by atoms with Gasteiger partial charge >= 0.3 is 6.18 Å². The molecule has 1 atom stereocenters. The number of nitrogens with zero attached hydrogens (tertiary/aromatic N) is 3. The van der Waals surface area contributed by atoms with Crippen LogP contribution in [0.4, 0.5) is 13.2 Å². The van der Waals surface area contributed by atoms with Gasteiger partial charge in [-0.1, -0.05) is 18.5 Å². The lowest BCUT2D eigenvalue weighted by molar-refractivity contribution is -0.152. The van der Waals surface area contributed by atoms with Gasteiger partial charge in [0.1, 0.15) is 16.9 Å². The van der Waals surface area contributed by atoms with Gasteiger partial charge in [0.25, 0.3) is 5.91 Å². The SMILES string of the molecule is CCCN(C(=O)CNC(=O)c1nc2n(c1Cl)C=C(/C(C=[NH2+])=C/N)CC2C(F)(F)F)C1CCOCC1. The molecule has 0 bridgehead atoms. The summed E-state index contributed by atoms with van der Waals surface area (Å²) in [6.45, 7) is 3.24. The Labute approximate surface area is 205 Å². The van der Waals surface area contributed by atoms with Crippen molar-refractivity contribution in [3.8, 4) is 0 Å². The maximum absolute atomic E-state index is 13.8. The quantitative estimate of drug-likeness (QED) is 0.447. The van der Waals surface area contributed by atoms with Crippen molar-refractivity contribution in [2.24, 2.45) is 5.73 Å². The van der Waals surface area contributed by atoms with Crippen LogP contribution in [0.25, 0.3) is 6.20 Å². The first-order chi connectivity index (χ1) is 16.6. The van der Waals surface area contributed by atoms with E-state index in [2.05, 4.69) is 10.3 Å². The number of allylic oxidation sites excluding steroid dienone is 2. The van der Waals surface area contributed by atoms with Crippen molar-refractivity contribution in [1.29, 1.82) is 0 Å². The molecule has 35 heavy (non-hydrogen) atoms. The zero-order chi connectivity index (χ0) is 25.8. The van der Waals surface area contributed by atoms with Gasteiger partial charge in [-0.3, -0.25) is 19.6 Å².